The third kappa shape index (κ3) is 3.44. The highest BCUT2D eigenvalue weighted by molar-refractivity contribution is 7.14. The molecule has 114 valence electrons. The van der Waals surface area contributed by atoms with E-state index in [1.165, 1.54) is 6.07 Å². The lowest BCUT2D eigenvalue weighted by Crippen LogP contribution is -2.15. The smallest absolute Gasteiger partial charge is 0.285 e. The normalized spacial score (nSPS) is 10.2. The van der Waals surface area contributed by atoms with Crippen LogP contribution in [0.25, 0.3) is 0 Å². The summed E-state index contributed by atoms with van der Waals surface area (Å²) in [5.74, 6) is -1.16. The van der Waals surface area contributed by atoms with E-state index in [9.17, 15) is 19.7 Å². The lowest BCUT2D eigenvalue weighted by molar-refractivity contribution is -0.385. The van der Waals surface area contributed by atoms with Crippen LogP contribution in [0.1, 0.15) is 21.6 Å². The number of carbonyl (C=O) groups excluding carboxylic acids is 2. The molecule has 1 heterocycles. The minimum absolute atomic E-state index is 0.0308. The van der Waals surface area contributed by atoms with Gasteiger partial charge in [-0.15, -0.1) is 11.3 Å². The molecule has 0 spiro atoms. The van der Waals surface area contributed by atoms with E-state index in [0.717, 1.165) is 11.3 Å². The molecule has 8 nitrogen and oxygen atoms in total. The molecular weight excluding hydrogens is 308 g/mol. The highest BCUT2D eigenvalue weighted by atomic mass is 32.1. The summed E-state index contributed by atoms with van der Waals surface area (Å²) in [7, 11) is 0. The molecule has 0 aliphatic carbocycles. The topological polar surface area (TPSA) is 128 Å². The molecule has 0 atom stereocenters. The number of nitrogens with two attached hydrogens (primary N) is 1. The van der Waals surface area contributed by atoms with Crippen LogP contribution in [0, 0.1) is 17.0 Å². The zero-order chi connectivity index (χ0) is 16.3. The molecule has 0 aliphatic rings. The molecule has 0 bridgehead atoms. The second-order valence-corrected chi connectivity index (χ2v) is 5.33. The van der Waals surface area contributed by atoms with Gasteiger partial charge in [0.05, 0.1) is 17.0 Å². The average Bonchev–Trinajstić information content (AvgIpc) is 2.84. The first kappa shape index (κ1) is 15.6. The monoisotopic (exact) mass is 320 g/mol. The van der Waals surface area contributed by atoms with E-state index in [-0.39, 0.29) is 22.8 Å². The molecule has 9 heteroatoms. The largest absolute Gasteiger partial charge is 0.369 e. The number of thiazole rings is 1. The number of hydrogen-bond acceptors (Lipinski definition) is 6. The van der Waals surface area contributed by atoms with Crippen molar-refractivity contribution in [2.75, 3.05) is 5.32 Å². The van der Waals surface area contributed by atoms with Gasteiger partial charge in [-0.2, -0.15) is 0 Å². The fraction of sp³-hybridized carbons (Fsp3) is 0.154. The Bertz CT molecular complexity index is 756. The number of aryl methyl sites for hydroxylation is 1. The van der Waals surface area contributed by atoms with Crippen molar-refractivity contribution in [2.24, 2.45) is 5.73 Å². The first-order valence-corrected chi connectivity index (χ1v) is 7.04. The second-order valence-electron chi connectivity index (χ2n) is 4.47. The number of nitrogens with zero attached hydrogens (tertiary/aromatic N) is 2. The van der Waals surface area contributed by atoms with Gasteiger partial charge in [0.2, 0.25) is 5.91 Å². The van der Waals surface area contributed by atoms with Gasteiger partial charge in [0, 0.05) is 10.9 Å². The number of aromatic nitrogens is 1. The highest BCUT2D eigenvalue weighted by Gasteiger charge is 2.23. The number of nitro groups is 1. The van der Waals surface area contributed by atoms with Crippen molar-refractivity contribution in [3.05, 3.63) is 50.5 Å². The molecular formula is C13H12N4O4S. The summed E-state index contributed by atoms with van der Waals surface area (Å²) in [6, 6.07) is 4.50. The quantitative estimate of drug-likeness (QED) is 0.639. The van der Waals surface area contributed by atoms with Crippen LogP contribution in [-0.4, -0.2) is 21.7 Å². The molecule has 1 aromatic heterocycles. The third-order valence-corrected chi connectivity index (χ3v) is 3.60. The van der Waals surface area contributed by atoms with Crippen molar-refractivity contribution in [3.8, 4) is 0 Å². The van der Waals surface area contributed by atoms with Gasteiger partial charge in [0.1, 0.15) is 5.56 Å². The van der Waals surface area contributed by atoms with Crippen LogP contribution in [0.15, 0.2) is 23.6 Å². The van der Waals surface area contributed by atoms with E-state index in [2.05, 4.69) is 10.3 Å². The van der Waals surface area contributed by atoms with Gasteiger partial charge in [0.25, 0.3) is 11.6 Å². The predicted molar refractivity (Wildman–Crippen MR) is 80.8 cm³/mol. The van der Waals surface area contributed by atoms with E-state index < -0.39 is 16.7 Å². The van der Waals surface area contributed by atoms with Crippen molar-refractivity contribution in [2.45, 2.75) is 13.3 Å². The first-order chi connectivity index (χ1) is 10.4. The number of nitrogens with one attached hydrogen (secondary N) is 1. The number of hydrogen-bond donors (Lipinski definition) is 2. The van der Waals surface area contributed by atoms with E-state index in [0.29, 0.717) is 11.3 Å². The second kappa shape index (κ2) is 6.31. The summed E-state index contributed by atoms with van der Waals surface area (Å²) in [4.78, 5) is 37.5. The maximum absolute atomic E-state index is 12.2. The number of primary amides is 1. The molecule has 2 rings (SSSR count). The zero-order valence-corrected chi connectivity index (χ0v) is 12.3. The first-order valence-electron chi connectivity index (χ1n) is 6.16. The van der Waals surface area contributed by atoms with E-state index in [4.69, 9.17) is 5.73 Å². The molecule has 0 aliphatic heterocycles. The molecule has 0 saturated heterocycles. The fourth-order valence-electron chi connectivity index (χ4n) is 1.87. The van der Waals surface area contributed by atoms with Crippen LogP contribution in [0.5, 0.6) is 0 Å². The van der Waals surface area contributed by atoms with E-state index in [1.807, 2.05) is 0 Å². The molecule has 0 fully saturated rings. The number of benzene rings is 1. The number of carbonyl (C=O) groups is 2. The predicted octanol–water partition coefficient (Wildman–Crippen LogP) is 1.64. The number of rotatable bonds is 5. The lowest BCUT2D eigenvalue weighted by Gasteiger charge is -2.04. The molecule has 22 heavy (non-hydrogen) atoms. The molecule has 2 amide bonds. The molecule has 2 aromatic rings. The Labute approximate surface area is 129 Å². The summed E-state index contributed by atoms with van der Waals surface area (Å²) in [6.45, 7) is 1.56. The summed E-state index contributed by atoms with van der Waals surface area (Å²) in [5, 5.41) is 15.4. The SMILES string of the molecule is Cc1cccc(C(=O)Nc2nc(CC(N)=O)cs2)c1[N+](=O)[O-]. The minimum Gasteiger partial charge on any atom is -0.369 e. The summed E-state index contributed by atoms with van der Waals surface area (Å²) >= 11 is 1.11. The van der Waals surface area contributed by atoms with Crippen molar-refractivity contribution in [1.29, 1.82) is 0 Å². The summed E-state index contributed by atoms with van der Waals surface area (Å²) < 4.78 is 0. The van der Waals surface area contributed by atoms with Gasteiger partial charge < -0.3 is 5.73 Å². The average molecular weight is 320 g/mol. The third-order valence-electron chi connectivity index (χ3n) is 2.79. The van der Waals surface area contributed by atoms with Crippen molar-refractivity contribution < 1.29 is 14.5 Å². The lowest BCUT2D eigenvalue weighted by atomic mass is 10.1. The van der Waals surface area contributed by atoms with Crippen LogP contribution in [0.4, 0.5) is 10.8 Å². The van der Waals surface area contributed by atoms with Gasteiger partial charge in [0.15, 0.2) is 5.13 Å². The Morgan fingerprint density at radius 2 is 2.18 bits per heavy atom. The fourth-order valence-corrected chi connectivity index (χ4v) is 2.58. The number of para-hydroxylation sites is 1. The molecule has 3 N–H and O–H groups in total. The van der Waals surface area contributed by atoms with E-state index >= 15 is 0 Å². The number of amides is 2. The van der Waals surface area contributed by atoms with Crippen LogP contribution in [-0.2, 0) is 11.2 Å². The summed E-state index contributed by atoms with van der Waals surface area (Å²) in [6.07, 6.45) is -0.0308. The molecule has 0 unspecified atom stereocenters. The Morgan fingerprint density at radius 3 is 2.82 bits per heavy atom. The van der Waals surface area contributed by atoms with Crippen LogP contribution < -0.4 is 11.1 Å². The Balaban J connectivity index is 2.23. The standard InChI is InChI=1S/C13H12N4O4S/c1-7-3-2-4-9(11(7)17(20)21)12(19)16-13-15-8(6-22-13)5-10(14)18/h2-4,6H,5H2,1H3,(H2,14,18)(H,15,16,19). The maximum atomic E-state index is 12.2. The molecule has 1 aromatic carbocycles. The number of nitro benzene ring substituents is 1. The van der Waals surface area contributed by atoms with Gasteiger partial charge in [-0.25, -0.2) is 4.98 Å². The number of anilines is 1. The highest BCUT2D eigenvalue weighted by Crippen LogP contribution is 2.24. The summed E-state index contributed by atoms with van der Waals surface area (Å²) in [5.41, 5.74) is 5.60. The van der Waals surface area contributed by atoms with Crippen LogP contribution >= 0.6 is 11.3 Å². The van der Waals surface area contributed by atoms with Gasteiger partial charge in [-0.3, -0.25) is 25.0 Å². The van der Waals surface area contributed by atoms with Crippen LogP contribution in [0.3, 0.4) is 0 Å². The van der Waals surface area contributed by atoms with E-state index in [1.54, 1.807) is 24.4 Å². The van der Waals surface area contributed by atoms with Gasteiger partial charge >= 0.3 is 0 Å². The van der Waals surface area contributed by atoms with Gasteiger partial charge in [-0.05, 0) is 13.0 Å². The Kier molecular flexibility index (Phi) is 4.47. The van der Waals surface area contributed by atoms with Crippen molar-refractivity contribution in [1.82, 2.24) is 4.98 Å². The Morgan fingerprint density at radius 1 is 1.45 bits per heavy atom. The van der Waals surface area contributed by atoms with Crippen molar-refractivity contribution in [3.63, 3.8) is 0 Å². The minimum atomic E-state index is -0.629. The molecule has 0 saturated carbocycles. The molecule has 0 radical (unpaired) electrons. The Hall–Kier alpha value is -2.81. The van der Waals surface area contributed by atoms with Gasteiger partial charge in [-0.1, -0.05) is 12.1 Å². The van der Waals surface area contributed by atoms with Crippen molar-refractivity contribution >= 4 is 34.0 Å². The zero-order valence-electron chi connectivity index (χ0n) is 11.5. The maximum Gasteiger partial charge on any atom is 0.285 e. The van der Waals surface area contributed by atoms with Crippen LogP contribution in [0.2, 0.25) is 0 Å².